The highest BCUT2D eigenvalue weighted by Gasteiger charge is 2.31. The van der Waals surface area contributed by atoms with Crippen LogP contribution in [0.2, 0.25) is 0 Å². The van der Waals surface area contributed by atoms with Crippen LogP contribution in [-0.4, -0.2) is 35.4 Å². The van der Waals surface area contributed by atoms with E-state index in [0.717, 1.165) is 12.8 Å². The number of hydrogen-bond acceptors (Lipinski definition) is 3. The van der Waals surface area contributed by atoms with E-state index in [-0.39, 0.29) is 5.82 Å². The van der Waals surface area contributed by atoms with Crippen molar-refractivity contribution in [3.05, 3.63) is 53.9 Å². The number of aryl methyl sites for hydroxylation is 1. The van der Waals surface area contributed by atoms with E-state index in [4.69, 9.17) is 0 Å². The van der Waals surface area contributed by atoms with Gasteiger partial charge in [0, 0.05) is 32.5 Å². The first-order valence-corrected chi connectivity index (χ1v) is 9.81. The molecule has 2 atom stereocenters. The monoisotopic (exact) mass is 366 g/mol. The predicted octanol–water partition coefficient (Wildman–Crippen LogP) is 2.21. The van der Waals surface area contributed by atoms with Gasteiger partial charge in [-0.2, -0.15) is 17.4 Å². The molecule has 0 radical (unpaired) electrons. The summed E-state index contributed by atoms with van der Waals surface area (Å²) in [5, 5.41) is 0. The fraction of sp³-hybridized carbons (Fsp3) is 0.471. The number of hydrogen-bond donors (Lipinski definition) is 1. The number of nitrogens with one attached hydrogen (secondary N) is 1. The Kier molecular flexibility index (Phi) is 5.21. The number of halogens is 1. The Morgan fingerprint density at radius 2 is 2.04 bits per heavy atom. The maximum Gasteiger partial charge on any atom is 0.280 e. The number of rotatable bonds is 5. The lowest BCUT2D eigenvalue weighted by atomic mass is 10.0. The summed E-state index contributed by atoms with van der Waals surface area (Å²) in [6.07, 6.45) is 5.25. The number of benzene rings is 1. The van der Waals surface area contributed by atoms with Gasteiger partial charge in [-0.3, -0.25) is 0 Å². The largest absolute Gasteiger partial charge is 0.336 e. The minimum Gasteiger partial charge on any atom is -0.336 e. The van der Waals surface area contributed by atoms with Crippen LogP contribution in [0.4, 0.5) is 4.39 Å². The van der Waals surface area contributed by atoms with Gasteiger partial charge in [-0.05, 0) is 36.5 Å². The van der Waals surface area contributed by atoms with Crippen molar-refractivity contribution in [2.75, 3.05) is 13.1 Å². The van der Waals surface area contributed by atoms with Crippen LogP contribution in [0.3, 0.4) is 0 Å². The molecule has 136 valence electrons. The summed E-state index contributed by atoms with van der Waals surface area (Å²) in [5.74, 6) is 0.526. The van der Waals surface area contributed by atoms with Crippen molar-refractivity contribution in [1.29, 1.82) is 0 Å². The lowest BCUT2D eigenvalue weighted by Crippen LogP contribution is -2.47. The maximum absolute atomic E-state index is 13.3. The van der Waals surface area contributed by atoms with Crippen LogP contribution in [-0.2, 0) is 17.3 Å². The zero-order valence-electron chi connectivity index (χ0n) is 14.4. The van der Waals surface area contributed by atoms with E-state index in [2.05, 4.69) is 16.6 Å². The minimum atomic E-state index is -3.68. The first-order valence-electron chi connectivity index (χ1n) is 8.37. The molecule has 1 N–H and O–H groups in total. The van der Waals surface area contributed by atoms with Gasteiger partial charge < -0.3 is 4.57 Å². The molecule has 1 saturated heterocycles. The molecule has 2 aromatic rings. The highest BCUT2D eigenvalue weighted by atomic mass is 32.2. The Balaban J connectivity index is 1.92. The molecule has 8 heteroatoms. The summed E-state index contributed by atoms with van der Waals surface area (Å²) >= 11 is 0. The summed E-state index contributed by atoms with van der Waals surface area (Å²) in [6.45, 7) is 3.07. The van der Waals surface area contributed by atoms with E-state index in [9.17, 15) is 12.8 Å². The number of aromatic nitrogens is 2. The van der Waals surface area contributed by atoms with Crippen LogP contribution < -0.4 is 4.72 Å². The second-order valence-electron chi connectivity index (χ2n) is 6.61. The fourth-order valence-corrected chi connectivity index (χ4v) is 4.68. The van der Waals surface area contributed by atoms with Crippen molar-refractivity contribution in [1.82, 2.24) is 18.6 Å². The molecule has 1 aromatic heterocycles. The second kappa shape index (κ2) is 7.23. The zero-order valence-corrected chi connectivity index (χ0v) is 15.2. The van der Waals surface area contributed by atoms with Gasteiger partial charge in [0.05, 0.1) is 0 Å². The van der Waals surface area contributed by atoms with Gasteiger partial charge >= 0.3 is 0 Å². The van der Waals surface area contributed by atoms with Crippen molar-refractivity contribution < 1.29 is 12.8 Å². The van der Waals surface area contributed by atoms with Crippen LogP contribution in [0.1, 0.15) is 37.2 Å². The molecule has 6 nitrogen and oxygen atoms in total. The Bertz CT molecular complexity index is 819. The Morgan fingerprint density at radius 1 is 1.32 bits per heavy atom. The van der Waals surface area contributed by atoms with Gasteiger partial charge in [0.15, 0.2) is 0 Å². The molecular weight excluding hydrogens is 343 g/mol. The van der Waals surface area contributed by atoms with E-state index < -0.39 is 16.3 Å². The third-order valence-electron chi connectivity index (χ3n) is 4.55. The molecule has 2 unspecified atom stereocenters. The first-order chi connectivity index (χ1) is 11.9. The molecule has 1 aliphatic rings. The molecule has 3 rings (SSSR count). The minimum absolute atomic E-state index is 0.336. The van der Waals surface area contributed by atoms with Gasteiger partial charge in [0.2, 0.25) is 0 Å². The van der Waals surface area contributed by atoms with Crippen LogP contribution in [0.15, 0.2) is 36.7 Å². The van der Waals surface area contributed by atoms with E-state index in [1.807, 2.05) is 0 Å². The first kappa shape index (κ1) is 18.0. The van der Waals surface area contributed by atoms with E-state index in [0.29, 0.717) is 30.4 Å². The zero-order chi connectivity index (χ0) is 18.0. The van der Waals surface area contributed by atoms with Crippen LogP contribution in [0, 0.1) is 11.7 Å². The van der Waals surface area contributed by atoms with E-state index in [1.165, 1.54) is 16.4 Å². The standard InChI is InChI=1S/C17H23FN4O2S/c1-13-4-3-10-22(12-13)25(23,24)20-16(17-19-9-11-21(17)2)14-5-7-15(18)8-6-14/h5-9,11,13,16,20H,3-4,10,12H2,1-2H3. The van der Waals surface area contributed by atoms with Gasteiger partial charge in [-0.15, -0.1) is 0 Å². The number of imidazole rings is 1. The smallest absolute Gasteiger partial charge is 0.280 e. The molecule has 0 bridgehead atoms. The topological polar surface area (TPSA) is 67.2 Å². The average molecular weight is 366 g/mol. The molecule has 0 amide bonds. The number of piperidine rings is 1. The number of nitrogens with zero attached hydrogens (tertiary/aromatic N) is 3. The van der Waals surface area contributed by atoms with Crippen molar-refractivity contribution in [3.63, 3.8) is 0 Å². The van der Waals surface area contributed by atoms with Gasteiger partial charge in [-0.1, -0.05) is 19.1 Å². The molecule has 2 heterocycles. The van der Waals surface area contributed by atoms with Gasteiger partial charge in [-0.25, -0.2) is 9.37 Å². The van der Waals surface area contributed by atoms with Crippen molar-refractivity contribution in [2.45, 2.75) is 25.8 Å². The normalized spacial score (nSPS) is 20.5. The Labute approximate surface area is 147 Å². The van der Waals surface area contributed by atoms with Crippen LogP contribution in [0.25, 0.3) is 0 Å². The molecule has 1 aliphatic heterocycles. The molecule has 0 aliphatic carbocycles. The molecule has 1 aromatic carbocycles. The van der Waals surface area contributed by atoms with E-state index >= 15 is 0 Å². The Hall–Kier alpha value is -1.77. The van der Waals surface area contributed by atoms with Crippen molar-refractivity contribution in [2.24, 2.45) is 13.0 Å². The molecular formula is C17H23FN4O2S. The SMILES string of the molecule is CC1CCCN(S(=O)(=O)NC(c2ccc(F)cc2)c2nccn2C)C1. The predicted molar refractivity (Wildman–Crippen MR) is 93.5 cm³/mol. The average Bonchev–Trinajstić information content (AvgIpc) is 2.99. The third kappa shape index (κ3) is 4.08. The van der Waals surface area contributed by atoms with E-state index in [1.54, 1.807) is 36.1 Å². The summed E-state index contributed by atoms with van der Waals surface area (Å²) < 4.78 is 45.1. The maximum atomic E-state index is 13.3. The van der Waals surface area contributed by atoms with Crippen LogP contribution >= 0.6 is 0 Å². The summed E-state index contributed by atoms with van der Waals surface area (Å²) in [6, 6.07) is 5.12. The highest BCUT2D eigenvalue weighted by molar-refractivity contribution is 7.87. The lowest BCUT2D eigenvalue weighted by Gasteiger charge is -2.31. The highest BCUT2D eigenvalue weighted by Crippen LogP contribution is 2.24. The molecule has 0 saturated carbocycles. The quantitative estimate of drug-likeness (QED) is 0.882. The van der Waals surface area contributed by atoms with Crippen molar-refractivity contribution >= 4 is 10.2 Å². The summed E-state index contributed by atoms with van der Waals surface area (Å²) in [4.78, 5) is 4.28. The van der Waals surface area contributed by atoms with Gasteiger partial charge in [0.1, 0.15) is 17.7 Å². The molecule has 0 spiro atoms. The summed E-state index contributed by atoms with van der Waals surface area (Å²) in [5.41, 5.74) is 0.643. The van der Waals surface area contributed by atoms with Crippen molar-refractivity contribution in [3.8, 4) is 0 Å². The second-order valence-corrected chi connectivity index (χ2v) is 8.31. The summed E-state index contributed by atoms with van der Waals surface area (Å²) in [7, 11) is -1.88. The Morgan fingerprint density at radius 3 is 2.64 bits per heavy atom. The van der Waals surface area contributed by atoms with Crippen LogP contribution in [0.5, 0.6) is 0 Å². The molecule has 25 heavy (non-hydrogen) atoms. The lowest BCUT2D eigenvalue weighted by molar-refractivity contribution is 0.277. The molecule has 1 fully saturated rings. The van der Waals surface area contributed by atoms with Gasteiger partial charge in [0.25, 0.3) is 10.2 Å². The third-order valence-corrected chi connectivity index (χ3v) is 6.09. The fourth-order valence-electron chi connectivity index (χ4n) is 3.17.